The maximum Gasteiger partial charge on any atom is 0.265 e. The summed E-state index contributed by atoms with van der Waals surface area (Å²) in [6, 6.07) is 3.35. The number of benzene rings is 1. The van der Waals surface area contributed by atoms with Crippen LogP contribution in [0, 0.1) is 13.8 Å². The van der Waals surface area contributed by atoms with Crippen molar-refractivity contribution in [3.05, 3.63) is 23.3 Å². The highest BCUT2D eigenvalue weighted by molar-refractivity contribution is 8.13. The van der Waals surface area contributed by atoms with Gasteiger partial charge in [-0.15, -0.1) is 0 Å². The highest BCUT2D eigenvalue weighted by Gasteiger charge is 2.20. The van der Waals surface area contributed by atoms with Crippen LogP contribution in [0.1, 0.15) is 18.1 Å². The van der Waals surface area contributed by atoms with Gasteiger partial charge in [-0.25, -0.2) is 8.42 Å². The number of halogens is 1. The Morgan fingerprint density at radius 2 is 1.94 bits per heavy atom. The molecule has 102 valence electrons. The fourth-order valence-corrected chi connectivity index (χ4v) is 2.66. The molecule has 0 N–H and O–H groups in total. The van der Waals surface area contributed by atoms with Gasteiger partial charge in [0.05, 0.1) is 6.10 Å². The van der Waals surface area contributed by atoms with Crippen LogP contribution in [0.2, 0.25) is 0 Å². The summed E-state index contributed by atoms with van der Waals surface area (Å²) in [5, 5.41) is 0. The van der Waals surface area contributed by atoms with E-state index in [9.17, 15) is 8.42 Å². The van der Waals surface area contributed by atoms with E-state index >= 15 is 0 Å². The van der Waals surface area contributed by atoms with Crippen LogP contribution < -0.4 is 4.74 Å². The summed E-state index contributed by atoms with van der Waals surface area (Å²) in [6.45, 7) is 5.68. The Morgan fingerprint density at radius 3 is 2.44 bits per heavy atom. The van der Waals surface area contributed by atoms with Crippen molar-refractivity contribution >= 4 is 19.7 Å². The minimum absolute atomic E-state index is 0.00460. The SMILES string of the molecule is COC(C)COc1c(C)cc(C)cc1S(=O)(=O)Cl. The van der Waals surface area contributed by atoms with Gasteiger partial charge in [0.15, 0.2) is 0 Å². The Labute approximate surface area is 112 Å². The normalized spacial score (nSPS) is 13.4. The first-order chi connectivity index (χ1) is 8.25. The smallest absolute Gasteiger partial charge is 0.265 e. The molecule has 0 aliphatic carbocycles. The molecule has 1 aromatic rings. The Balaban J connectivity index is 3.17. The van der Waals surface area contributed by atoms with E-state index in [2.05, 4.69) is 0 Å². The van der Waals surface area contributed by atoms with Crippen molar-refractivity contribution in [2.45, 2.75) is 31.8 Å². The summed E-state index contributed by atoms with van der Waals surface area (Å²) in [5.74, 6) is 0.291. The van der Waals surface area contributed by atoms with Crippen molar-refractivity contribution in [1.82, 2.24) is 0 Å². The lowest BCUT2D eigenvalue weighted by molar-refractivity contribution is 0.0703. The van der Waals surface area contributed by atoms with Crippen molar-refractivity contribution in [3.8, 4) is 5.75 Å². The van der Waals surface area contributed by atoms with Crippen LogP contribution in [0.5, 0.6) is 5.75 Å². The molecule has 0 amide bonds. The predicted octanol–water partition coefficient (Wildman–Crippen LogP) is 2.64. The van der Waals surface area contributed by atoms with Crippen LogP contribution in [-0.2, 0) is 13.8 Å². The summed E-state index contributed by atoms with van der Waals surface area (Å²) in [5.41, 5.74) is 1.55. The zero-order valence-electron chi connectivity index (χ0n) is 10.9. The summed E-state index contributed by atoms with van der Waals surface area (Å²) in [6.07, 6.45) is -0.128. The standard InChI is InChI=1S/C12H17ClO4S/c1-8-5-9(2)12(17-7-10(3)16-4)11(6-8)18(13,14)15/h5-6,10H,7H2,1-4H3. The van der Waals surface area contributed by atoms with E-state index < -0.39 is 9.05 Å². The van der Waals surface area contributed by atoms with Gasteiger partial charge in [0.25, 0.3) is 9.05 Å². The van der Waals surface area contributed by atoms with Gasteiger partial charge in [-0.05, 0) is 38.0 Å². The van der Waals surface area contributed by atoms with Gasteiger partial charge in [-0.2, -0.15) is 0 Å². The molecule has 1 aromatic carbocycles. The molecular formula is C12H17ClO4S. The molecule has 0 aliphatic heterocycles. The summed E-state index contributed by atoms with van der Waals surface area (Å²) in [4.78, 5) is 0.00460. The first-order valence-electron chi connectivity index (χ1n) is 5.47. The van der Waals surface area contributed by atoms with E-state index in [4.69, 9.17) is 20.2 Å². The average molecular weight is 293 g/mol. The van der Waals surface area contributed by atoms with Gasteiger partial charge in [0.1, 0.15) is 17.3 Å². The van der Waals surface area contributed by atoms with Gasteiger partial charge in [0, 0.05) is 17.8 Å². The van der Waals surface area contributed by atoms with Crippen LogP contribution in [0.3, 0.4) is 0 Å². The molecule has 18 heavy (non-hydrogen) atoms. The monoisotopic (exact) mass is 292 g/mol. The molecule has 1 atom stereocenters. The third-order valence-corrected chi connectivity index (χ3v) is 3.84. The van der Waals surface area contributed by atoms with Crippen LogP contribution in [0.4, 0.5) is 0 Å². The Kier molecular flexibility index (Phi) is 5.01. The molecular weight excluding hydrogens is 276 g/mol. The van der Waals surface area contributed by atoms with Crippen molar-refractivity contribution in [2.24, 2.45) is 0 Å². The first kappa shape index (κ1) is 15.3. The quantitative estimate of drug-likeness (QED) is 0.783. The van der Waals surface area contributed by atoms with Crippen molar-refractivity contribution in [1.29, 1.82) is 0 Å². The fraction of sp³-hybridized carbons (Fsp3) is 0.500. The topological polar surface area (TPSA) is 52.6 Å². The maximum absolute atomic E-state index is 11.5. The molecule has 0 heterocycles. The van der Waals surface area contributed by atoms with Crippen LogP contribution in [-0.4, -0.2) is 28.2 Å². The molecule has 0 aromatic heterocycles. The summed E-state index contributed by atoms with van der Waals surface area (Å²) < 4.78 is 33.6. The second kappa shape index (κ2) is 5.91. The third-order valence-electron chi connectivity index (χ3n) is 2.51. The number of ether oxygens (including phenoxy) is 2. The zero-order chi connectivity index (χ0) is 13.9. The van der Waals surface area contributed by atoms with E-state index in [1.165, 1.54) is 6.07 Å². The lowest BCUT2D eigenvalue weighted by atomic mass is 10.1. The van der Waals surface area contributed by atoms with Crippen LogP contribution >= 0.6 is 10.7 Å². The largest absolute Gasteiger partial charge is 0.489 e. The minimum atomic E-state index is -3.83. The molecule has 0 saturated heterocycles. The Morgan fingerprint density at radius 1 is 1.33 bits per heavy atom. The van der Waals surface area contributed by atoms with E-state index in [-0.39, 0.29) is 17.6 Å². The summed E-state index contributed by atoms with van der Waals surface area (Å²) >= 11 is 0. The van der Waals surface area contributed by atoms with Gasteiger partial charge >= 0.3 is 0 Å². The van der Waals surface area contributed by atoms with E-state index in [1.54, 1.807) is 21.0 Å². The highest BCUT2D eigenvalue weighted by atomic mass is 35.7. The molecule has 4 nitrogen and oxygen atoms in total. The van der Waals surface area contributed by atoms with Gasteiger partial charge in [-0.3, -0.25) is 0 Å². The summed E-state index contributed by atoms with van der Waals surface area (Å²) in [7, 11) is 3.16. The van der Waals surface area contributed by atoms with E-state index in [1.807, 2.05) is 13.0 Å². The number of hydrogen-bond acceptors (Lipinski definition) is 4. The van der Waals surface area contributed by atoms with E-state index in [0.29, 0.717) is 5.75 Å². The molecule has 0 saturated carbocycles. The lowest BCUT2D eigenvalue weighted by Crippen LogP contribution is -2.17. The first-order valence-corrected chi connectivity index (χ1v) is 7.78. The molecule has 0 fully saturated rings. The van der Waals surface area contributed by atoms with Crippen molar-refractivity contribution < 1.29 is 17.9 Å². The lowest BCUT2D eigenvalue weighted by Gasteiger charge is -2.16. The number of rotatable bonds is 5. The van der Waals surface area contributed by atoms with Crippen LogP contribution in [0.15, 0.2) is 17.0 Å². The second-order valence-electron chi connectivity index (χ2n) is 4.20. The molecule has 1 unspecified atom stereocenters. The molecule has 6 heteroatoms. The highest BCUT2D eigenvalue weighted by Crippen LogP contribution is 2.31. The maximum atomic E-state index is 11.5. The average Bonchev–Trinajstić information content (AvgIpc) is 2.25. The molecule has 0 aliphatic rings. The van der Waals surface area contributed by atoms with Crippen molar-refractivity contribution in [2.75, 3.05) is 13.7 Å². The number of aryl methyl sites for hydroxylation is 2. The third kappa shape index (κ3) is 3.86. The van der Waals surface area contributed by atoms with Crippen LogP contribution in [0.25, 0.3) is 0 Å². The van der Waals surface area contributed by atoms with Gasteiger partial charge in [-0.1, -0.05) is 6.07 Å². The fourth-order valence-electron chi connectivity index (χ4n) is 1.55. The zero-order valence-corrected chi connectivity index (χ0v) is 12.4. The van der Waals surface area contributed by atoms with E-state index in [0.717, 1.165) is 11.1 Å². The second-order valence-corrected chi connectivity index (χ2v) is 6.74. The van der Waals surface area contributed by atoms with Gasteiger partial charge in [0.2, 0.25) is 0 Å². The molecule has 0 radical (unpaired) electrons. The number of methoxy groups -OCH3 is 1. The Bertz CT molecular complexity index is 525. The predicted molar refractivity (Wildman–Crippen MR) is 70.9 cm³/mol. The van der Waals surface area contributed by atoms with Crippen molar-refractivity contribution in [3.63, 3.8) is 0 Å². The minimum Gasteiger partial charge on any atom is -0.489 e. The molecule has 0 bridgehead atoms. The van der Waals surface area contributed by atoms with Gasteiger partial charge < -0.3 is 9.47 Å². The molecule has 0 spiro atoms. The molecule has 1 rings (SSSR count). The Hall–Kier alpha value is -0.780. The number of hydrogen-bond donors (Lipinski definition) is 0.